The minimum absolute atomic E-state index is 0. The van der Waals surface area contributed by atoms with Crippen molar-refractivity contribution in [1.82, 2.24) is 0 Å². The van der Waals surface area contributed by atoms with E-state index < -0.39 is 56.0 Å². The topological polar surface area (TPSA) is 202 Å². The Hall–Kier alpha value is -1.56. The van der Waals surface area contributed by atoms with Crippen LogP contribution in [-0.2, 0) is 43.2 Å². The summed E-state index contributed by atoms with van der Waals surface area (Å²) in [5.41, 5.74) is 10.3. The van der Waals surface area contributed by atoms with E-state index in [9.17, 15) is 29.8 Å². The molecule has 2 unspecified atom stereocenters. The summed E-state index contributed by atoms with van der Waals surface area (Å²) in [5.74, 6) is 0. The van der Waals surface area contributed by atoms with Crippen LogP contribution in [0.5, 0.6) is 0 Å². The molecule has 0 spiro atoms. The third kappa shape index (κ3) is 10.1. The van der Waals surface area contributed by atoms with Crippen LogP contribution < -0.4 is 29.6 Å². The molecule has 186 valence electrons. The van der Waals surface area contributed by atoms with Crippen molar-refractivity contribution in [2.75, 3.05) is 13.2 Å². The van der Waals surface area contributed by atoms with Crippen LogP contribution in [0.4, 0.5) is 0 Å². The molecule has 0 bridgehead atoms. The normalized spacial score (nSPS) is 13.8. The van der Waals surface area contributed by atoms with Crippen LogP contribution in [0.25, 0.3) is 10.4 Å². The zero-order chi connectivity index (χ0) is 25.6. The summed E-state index contributed by atoms with van der Waals surface area (Å²) in [7, 11) is -14.3. The average molecular weight is 558 g/mol. The molecule has 35 heavy (non-hydrogen) atoms. The predicted molar refractivity (Wildman–Crippen MR) is 116 cm³/mol. The average Bonchev–Trinajstić information content (AvgIpc) is 2.74. The summed E-state index contributed by atoms with van der Waals surface area (Å²) in [6.07, 6.45) is -2.02. The quantitative estimate of drug-likeness (QED) is 0.0589. The zero-order valence-electron chi connectivity index (χ0n) is 18.8. The molecule has 0 saturated carbocycles. The van der Waals surface area contributed by atoms with Gasteiger partial charge < -0.3 is 4.55 Å². The Kier molecular flexibility index (Phi) is 11.8. The minimum atomic E-state index is -5.45. The van der Waals surface area contributed by atoms with Crippen molar-refractivity contribution in [3.63, 3.8) is 0 Å². The molecule has 0 saturated heterocycles. The Bertz CT molecular complexity index is 1360. The molecule has 0 aliphatic rings. The number of benzene rings is 2. The van der Waals surface area contributed by atoms with Gasteiger partial charge in [-0.25, -0.2) is 8.42 Å². The fourth-order valence-corrected chi connectivity index (χ4v) is 4.83. The van der Waals surface area contributed by atoms with Crippen LogP contribution in [0.1, 0.15) is 11.1 Å². The number of azide groups is 1. The second kappa shape index (κ2) is 13.1. The summed E-state index contributed by atoms with van der Waals surface area (Å²) in [4.78, 5) is 1.93. The van der Waals surface area contributed by atoms with Crippen LogP contribution in [-0.4, -0.2) is 55.2 Å². The molecule has 0 aliphatic carbocycles. The van der Waals surface area contributed by atoms with Crippen LogP contribution in [0.15, 0.2) is 63.4 Å². The van der Waals surface area contributed by atoms with E-state index in [2.05, 4.69) is 14.2 Å². The largest absolute Gasteiger partial charge is 1.00 e. The molecule has 0 N–H and O–H groups in total. The minimum Gasteiger partial charge on any atom is -0.726 e. The number of aryl methyl sites for hydroxylation is 2. The van der Waals surface area contributed by atoms with Gasteiger partial charge in [-0.15, -0.1) is 0 Å². The number of hydrogen-bond donors (Lipinski definition) is 0. The van der Waals surface area contributed by atoms with E-state index in [-0.39, 0.29) is 39.3 Å². The first-order chi connectivity index (χ1) is 15.7. The third-order valence-corrected chi connectivity index (χ3v) is 7.35. The SMILES string of the molecule is Cc1ccc(S(=O)(=O)OCC(N=[N+]=[N-])C(COS(=O)(=O)c2ccc(C)cc2)OS(=O)(=O)[O-])cc1.[Na+]. The van der Waals surface area contributed by atoms with Gasteiger partial charge in [-0.2, -0.15) is 16.8 Å². The monoisotopic (exact) mass is 557 g/mol. The van der Waals surface area contributed by atoms with E-state index in [1.807, 2.05) is 0 Å². The molecule has 2 aromatic carbocycles. The summed E-state index contributed by atoms with van der Waals surface area (Å²) in [6, 6.07) is 9.16. The Balaban J connectivity index is 0.00000612. The van der Waals surface area contributed by atoms with E-state index in [0.29, 0.717) is 0 Å². The molecule has 0 amide bonds. The maximum Gasteiger partial charge on any atom is 1.00 e. The molecule has 0 aromatic heterocycles. The Morgan fingerprint density at radius 3 is 1.60 bits per heavy atom. The predicted octanol–water partition coefficient (Wildman–Crippen LogP) is -1.06. The molecule has 0 aliphatic heterocycles. The maximum atomic E-state index is 12.4. The fraction of sp³-hybridized carbons (Fsp3) is 0.333. The van der Waals surface area contributed by atoms with Crippen molar-refractivity contribution in [2.24, 2.45) is 5.11 Å². The second-order valence-electron chi connectivity index (χ2n) is 6.92. The van der Waals surface area contributed by atoms with Gasteiger partial charge in [0.15, 0.2) is 0 Å². The Labute approximate surface area is 225 Å². The molecule has 2 rings (SSSR count). The fourth-order valence-electron chi connectivity index (χ4n) is 2.50. The molecular weight excluding hydrogens is 537 g/mol. The first kappa shape index (κ1) is 31.5. The van der Waals surface area contributed by atoms with Gasteiger partial charge in [0.25, 0.3) is 20.2 Å². The summed E-state index contributed by atoms with van der Waals surface area (Å²) < 4.78 is 96.9. The summed E-state index contributed by atoms with van der Waals surface area (Å²) in [6.45, 7) is 1.37. The van der Waals surface area contributed by atoms with Crippen molar-refractivity contribution in [2.45, 2.75) is 35.8 Å². The van der Waals surface area contributed by atoms with E-state index in [0.717, 1.165) is 11.1 Å². The van der Waals surface area contributed by atoms with Gasteiger partial charge in [-0.05, 0) is 43.6 Å². The standard InChI is InChI=1S/C18H21N3O10S3.Na/c1-13-3-7-15(8-4-13)32(22,23)29-11-17(20-21-19)18(31-34(26,27)28)12-30-33(24,25)16-9-5-14(2)6-10-16;/h3-10,17-18H,11-12H2,1-2H3,(H,26,27,28);/q;+1/p-1. The molecule has 0 fully saturated rings. The molecule has 2 atom stereocenters. The van der Waals surface area contributed by atoms with E-state index >= 15 is 0 Å². The zero-order valence-corrected chi connectivity index (χ0v) is 23.3. The van der Waals surface area contributed by atoms with Crippen molar-refractivity contribution < 1.29 is 71.9 Å². The third-order valence-electron chi connectivity index (χ3n) is 4.27. The van der Waals surface area contributed by atoms with Crippen LogP contribution in [0.2, 0.25) is 0 Å². The molecule has 13 nitrogen and oxygen atoms in total. The molecule has 0 radical (unpaired) electrons. The first-order valence-electron chi connectivity index (χ1n) is 9.34. The first-order valence-corrected chi connectivity index (χ1v) is 13.5. The van der Waals surface area contributed by atoms with Crippen molar-refractivity contribution in [1.29, 1.82) is 0 Å². The molecular formula is C18H20N3NaO10S3. The van der Waals surface area contributed by atoms with Gasteiger partial charge in [0.1, 0.15) is 6.10 Å². The maximum absolute atomic E-state index is 12.4. The number of hydrogen-bond acceptors (Lipinski definition) is 11. The summed E-state index contributed by atoms with van der Waals surface area (Å²) in [5, 5.41) is 3.19. The van der Waals surface area contributed by atoms with E-state index in [1.54, 1.807) is 13.8 Å². The van der Waals surface area contributed by atoms with Gasteiger partial charge in [-0.3, -0.25) is 12.5 Å². The van der Waals surface area contributed by atoms with Crippen molar-refractivity contribution >= 4 is 30.6 Å². The van der Waals surface area contributed by atoms with Crippen molar-refractivity contribution in [3.8, 4) is 0 Å². The molecule has 17 heteroatoms. The molecule has 0 heterocycles. The Morgan fingerprint density at radius 1 is 0.829 bits per heavy atom. The van der Waals surface area contributed by atoms with Gasteiger partial charge in [-0.1, -0.05) is 40.5 Å². The second-order valence-corrected chi connectivity index (χ2v) is 11.2. The molecule has 2 aromatic rings. The van der Waals surface area contributed by atoms with Gasteiger partial charge in [0.05, 0.1) is 29.0 Å². The van der Waals surface area contributed by atoms with Crippen LogP contribution in [0, 0.1) is 13.8 Å². The van der Waals surface area contributed by atoms with Gasteiger partial charge in [0.2, 0.25) is 10.4 Å². The van der Waals surface area contributed by atoms with Crippen molar-refractivity contribution in [3.05, 3.63) is 70.1 Å². The number of nitrogens with zero attached hydrogens (tertiary/aromatic N) is 3. The Morgan fingerprint density at radius 2 is 1.23 bits per heavy atom. The van der Waals surface area contributed by atoms with E-state index in [4.69, 9.17) is 13.9 Å². The van der Waals surface area contributed by atoms with Crippen LogP contribution in [0.3, 0.4) is 0 Å². The number of rotatable bonds is 12. The van der Waals surface area contributed by atoms with Gasteiger partial charge >= 0.3 is 29.6 Å². The van der Waals surface area contributed by atoms with E-state index in [1.165, 1.54) is 48.5 Å². The van der Waals surface area contributed by atoms with Gasteiger partial charge in [0, 0.05) is 4.91 Å². The van der Waals surface area contributed by atoms with Crippen LogP contribution >= 0.6 is 0 Å². The summed E-state index contributed by atoms with van der Waals surface area (Å²) >= 11 is 0. The smallest absolute Gasteiger partial charge is 0.726 e.